The van der Waals surface area contributed by atoms with Crippen molar-refractivity contribution in [3.63, 3.8) is 0 Å². The highest BCUT2D eigenvalue weighted by Gasteiger charge is 2.22. The van der Waals surface area contributed by atoms with E-state index in [9.17, 15) is 4.79 Å². The topological polar surface area (TPSA) is 86.3 Å². The second-order valence-electron chi connectivity index (χ2n) is 7.04. The van der Waals surface area contributed by atoms with Gasteiger partial charge < -0.3 is 15.4 Å². The summed E-state index contributed by atoms with van der Waals surface area (Å²) < 4.78 is 7.20. The lowest BCUT2D eigenvalue weighted by Crippen LogP contribution is -2.23. The van der Waals surface area contributed by atoms with Crippen molar-refractivity contribution in [2.45, 2.75) is 13.0 Å². The fraction of sp³-hybridized carbons (Fsp3) is 0.286. The normalized spacial score (nSPS) is 16.2. The van der Waals surface area contributed by atoms with Gasteiger partial charge in [-0.3, -0.25) is 14.3 Å². The Kier molecular flexibility index (Phi) is 5.78. The van der Waals surface area contributed by atoms with Crippen LogP contribution in [0.3, 0.4) is 0 Å². The minimum atomic E-state index is -0.189. The van der Waals surface area contributed by atoms with Gasteiger partial charge in [0.15, 0.2) is 0 Å². The summed E-state index contributed by atoms with van der Waals surface area (Å²) in [6.45, 7) is 2.85. The Morgan fingerprint density at radius 2 is 2.07 bits per heavy atom. The third-order valence-corrected chi connectivity index (χ3v) is 5.24. The first-order valence-electron chi connectivity index (χ1n) is 9.50. The number of pyridine rings is 3. The van der Waals surface area contributed by atoms with Gasteiger partial charge in [0.25, 0.3) is 5.56 Å². The van der Waals surface area contributed by atoms with E-state index in [4.69, 9.17) is 22.1 Å². The smallest absolute Gasteiger partial charge is 0.258 e. The van der Waals surface area contributed by atoms with Gasteiger partial charge in [-0.15, -0.1) is 0 Å². The summed E-state index contributed by atoms with van der Waals surface area (Å²) in [6.07, 6.45) is 6.05. The molecule has 2 N–H and O–H groups in total. The molecule has 1 aliphatic rings. The van der Waals surface area contributed by atoms with Crippen LogP contribution in [-0.4, -0.2) is 34.2 Å². The Hall–Kier alpha value is -2.90. The van der Waals surface area contributed by atoms with Gasteiger partial charge in [0.1, 0.15) is 18.2 Å². The molecular weight excluding hydrogens is 390 g/mol. The quantitative estimate of drug-likeness (QED) is 0.671. The van der Waals surface area contributed by atoms with E-state index < -0.39 is 0 Å². The van der Waals surface area contributed by atoms with Gasteiger partial charge >= 0.3 is 0 Å². The molecule has 0 saturated carbocycles. The van der Waals surface area contributed by atoms with Gasteiger partial charge in [0, 0.05) is 31.5 Å². The lowest BCUT2D eigenvalue weighted by molar-refractivity contribution is 0.300. The highest BCUT2D eigenvalue weighted by Crippen LogP contribution is 2.22. The molecule has 0 bridgehead atoms. The number of nitrogens with two attached hydrogens (primary N) is 1. The Labute approximate surface area is 173 Å². The standard InChI is InChI=1S/C21H22ClN5O2/c22-16-1-2-17(24-11-16)14-29-19-6-8-27(21(28)9-19)18-3-4-20(25-12-18)26-7-5-15(10-23)13-26/h1-4,6,8-9,11-12,15H,5,7,10,13-14,23H2/t15-/m0/s1. The third kappa shape index (κ3) is 4.58. The molecule has 150 valence electrons. The van der Waals surface area contributed by atoms with Gasteiger partial charge in [-0.2, -0.15) is 0 Å². The number of rotatable bonds is 6. The molecule has 1 atom stereocenters. The molecule has 0 spiro atoms. The van der Waals surface area contributed by atoms with Crippen molar-refractivity contribution in [1.82, 2.24) is 14.5 Å². The molecule has 4 heterocycles. The molecular formula is C21H22ClN5O2. The van der Waals surface area contributed by atoms with Crippen LogP contribution < -0.4 is 20.9 Å². The maximum Gasteiger partial charge on any atom is 0.258 e. The number of hydrogen-bond donors (Lipinski definition) is 1. The van der Waals surface area contributed by atoms with Crippen LogP contribution in [0.2, 0.25) is 5.02 Å². The first kappa shape index (κ1) is 19.4. The second kappa shape index (κ2) is 8.63. The van der Waals surface area contributed by atoms with Crippen LogP contribution in [-0.2, 0) is 6.61 Å². The van der Waals surface area contributed by atoms with Gasteiger partial charge in [0.05, 0.1) is 22.6 Å². The lowest BCUT2D eigenvalue weighted by Gasteiger charge is -2.17. The van der Waals surface area contributed by atoms with Crippen LogP contribution in [0.5, 0.6) is 5.75 Å². The summed E-state index contributed by atoms with van der Waals surface area (Å²) in [6, 6.07) is 10.6. The molecule has 0 unspecified atom stereocenters. The molecule has 1 fully saturated rings. The van der Waals surface area contributed by atoms with E-state index in [0.717, 1.165) is 31.0 Å². The van der Waals surface area contributed by atoms with E-state index in [-0.39, 0.29) is 12.2 Å². The van der Waals surface area contributed by atoms with E-state index >= 15 is 0 Å². The van der Waals surface area contributed by atoms with E-state index in [1.807, 2.05) is 12.1 Å². The molecule has 0 aliphatic carbocycles. The molecule has 1 aliphatic heterocycles. The zero-order valence-corrected chi connectivity index (χ0v) is 16.6. The van der Waals surface area contributed by atoms with Crippen LogP contribution in [0, 0.1) is 5.92 Å². The molecule has 0 amide bonds. The van der Waals surface area contributed by atoms with Crippen molar-refractivity contribution in [1.29, 1.82) is 0 Å². The number of anilines is 1. The molecule has 0 aromatic carbocycles. The van der Waals surface area contributed by atoms with Crippen molar-refractivity contribution in [3.05, 3.63) is 76.1 Å². The maximum absolute atomic E-state index is 12.5. The summed E-state index contributed by atoms with van der Waals surface area (Å²) in [5.74, 6) is 1.92. The fourth-order valence-corrected chi connectivity index (χ4v) is 3.47. The summed E-state index contributed by atoms with van der Waals surface area (Å²) in [7, 11) is 0. The molecule has 29 heavy (non-hydrogen) atoms. The van der Waals surface area contributed by atoms with Crippen molar-refractivity contribution < 1.29 is 4.74 Å². The van der Waals surface area contributed by atoms with Gasteiger partial charge in [-0.25, -0.2) is 4.98 Å². The van der Waals surface area contributed by atoms with E-state index in [2.05, 4.69) is 14.9 Å². The molecule has 3 aromatic rings. The molecule has 7 nitrogen and oxygen atoms in total. The summed E-state index contributed by atoms with van der Waals surface area (Å²) in [4.78, 5) is 23.4. The van der Waals surface area contributed by atoms with Crippen LogP contribution in [0.15, 0.2) is 59.8 Å². The first-order valence-corrected chi connectivity index (χ1v) is 9.87. The largest absolute Gasteiger partial charge is 0.487 e. The highest BCUT2D eigenvalue weighted by molar-refractivity contribution is 6.30. The van der Waals surface area contributed by atoms with Gasteiger partial charge in [-0.05, 0) is 49.2 Å². The Bertz CT molecular complexity index is 1020. The second-order valence-corrected chi connectivity index (χ2v) is 7.47. The zero-order chi connectivity index (χ0) is 20.2. The van der Waals surface area contributed by atoms with Crippen LogP contribution >= 0.6 is 11.6 Å². The number of aromatic nitrogens is 3. The average Bonchev–Trinajstić information content (AvgIpc) is 3.23. The number of ether oxygens (including phenoxy) is 1. The third-order valence-electron chi connectivity index (χ3n) is 5.02. The lowest BCUT2D eigenvalue weighted by atomic mass is 10.1. The summed E-state index contributed by atoms with van der Waals surface area (Å²) in [5.41, 5.74) is 7.01. The summed E-state index contributed by atoms with van der Waals surface area (Å²) in [5, 5.41) is 0.569. The molecule has 0 radical (unpaired) electrons. The molecule has 3 aromatic heterocycles. The van der Waals surface area contributed by atoms with Gasteiger partial charge in [-0.1, -0.05) is 11.6 Å². The fourth-order valence-electron chi connectivity index (χ4n) is 3.35. The number of halogens is 1. The van der Waals surface area contributed by atoms with Crippen molar-refractivity contribution >= 4 is 17.4 Å². The number of nitrogens with zero attached hydrogens (tertiary/aromatic N) is 4. The van der Waals surface area contributed by atoms with Crippen LogP contribution in [0.1, 0.15) is 12.1 Å². The summed E-state index contributed by atoms with van der Waals surface area (Å²) >= 11 is 5.82. The minimum absolute atomic E-state index is 0.189. The maximum atomic E-state index is 12.5. The minimum Gasteiger partial charge on any atom is -0.487 e. The molecule has 8 heteroatoms. The highest BCUT2D eigenvalue weighted by atomic mass is 35.5. The first-order chi connectivity index (χ1) is 14.1. The van der Waals surface area contributed by atoms with Gasteiger partial charge in [0.2, 0.25) is 0 Å². The molecule has 1 saturated heterocycles. The monoisotopic (exact) mass is 411 g/mol. The van der Waals surface area contributed by atoms with E-state index in [1.54, 1.807) is 36.8 Å². The van der Waals surface area contributed by atoms with Crippen molar-refractivity contribution in [2.75, 3.05) is 24.5 Å². The Balaban J connectivity index is 1.43. The van der Waals surface area contributed by atoms with Crippen LogP contribution in [0.4, 0.5) is 5.82 Å². The van der Waals surface area contributed by atoms with Crippen molar-refractivity contribution in [3.8, 4) is 11.4 Å². The average molecular weight is 412 g/mol. The zero-order valence-electron chi connectivity index (χ0n) is 15.9. The van der Waals surface area contributed by atoms with E-state index in [0.29, 0.717) is 28.9 Å². The SMILES string of the molecule is NC[C@@H]1CCN(c2ccc(-n3ccc(OCc4ccc(Cl)cn4)cc3=O)cn2)C1. The predicted molar refractivity (Wildman–Crippen MR) is 113 cm³/mol. The Morgan fingerprint density at radius 3 is 2.72 bits per heavy atom. The van der Waals surface area contributed by atoms with Crippen molar-refractivity contribution in [2.24, 2.45) is 11.7 Å². The predicted octanol–water partition coefficient (Wildman–Crippen LogP) is 2.64. The molecule has 4 rings (SSSR count). The van der Waals surface area contributed by atoms with E-state index in [1.165, 1.54) is 10.6 Å². The number of hydrogen-bond acceptors (Lipinski definition) is 6. The Morgan fingerprint density at radius 1 is 1.17 bits per heavy atom. The van der Waals surface area contributed by atoms with Crippen LogP contribution in [0.25, 0.3) is 5.69 Å².